The number of fused-ring (bicyclic) bond motifs is 1. The molecule has 1 N–H and O–H groups in total. The largest absolute Gasteiger partial charge is 0.449 e. The molecule has 0 saturated carbocycles. The van der Waals surface area contributed by atoms with Crippen molar-refractivity contribution in [2.24, 2.45) is 0 Å². The Hall–Kier alpha value is -1.52. The molecular weight excluding hydrogens is 217 g/mol. The predicted molar refractivity (Wildman–Crippen MR) is 55.1 cm³/mol. The minimum absolute atomic E-state index is 0.354. The highest BCUT2D eigenvalue weighted by molar-refractivity contribution is 5.76. The molecule has 2 nitrogen and oxygen atoms in total. The van der Waals surface area contributed by atoms with E-state index in [1.165, 1.54) is 0 Å². The topological polar surface area (TPSA) is 28.7 Å². The van der Waals surface area contributed by atoms with Crippen molar-refractivity contribution in [2.45, 2.75) is 25.9 Å². The molecule has 16 heavy (non-hydrogen) atoms. The fourth-order valence-corrected chi connectivity index (χ4v) is 1.64. The number of benzene rings is 1. The molecule has 0 unspecified atom stereocenters. The second-order valence-electron chi connectivity index (χ2n) is 3.68. The van der Waals surface area contributed by atoms with Gasteiger partial charge in [0.2, 0.25) is 5.82 Å². The van der Waals surface area contributed by atoms with E-state index in [1.54, 1.807) is 12.1 Å². The summed E-state index contributed by atoms with van der Waals surface area (Å²) in [6.07, 6.45) is -2.59. The highest BCUT2D eigenvalue weighted by Crippen LogP contribution is 2.28. The molecule has 1 aromatic heterocycles. The zero-order valence-electron chi connectivity index (χ0n) is 8.73. The number of aryl methyl sites for hydroxylation is 1. The van der Waals surface area contributed by atoms with Gasteiger partial charge in [-0.2, -0.15) is 13.2 Å². The smallest absolute Gasteiger partial charge is 0.334 e. The second-order valence-corrected chi connectivity index (χ2v) is 3.68. The van der Waals surface area contributed by atoms with E-state index in [1.807, 2.05) is 13.0 Å². The van der Waals surface area contributed by atoms with Gasteiger partial charge in [-0.15, -0.1) is 0 Å². The molecule has 0 aliphatic carbocycles. The zero-order valence-corrected chi connectivity index (χ0v) is 8.73. The molecule has 5 heteroatoms. The third-order valence-electron chi connectivity index (χ3n) is 2.35. The van der Waals surface area contributed by atoms with Crippen molar-refractivity contribution in [2.75, 3.05) is 0 Å². The molecule has 1 heterocycles. The maximum atomic E-state index is 12.4. The van der Waals surface area contributed by atoms with Crippen LogP contribution in [0.2, 0.25) is 0 Å². The summed E-state index contributed by atoms with van der Waals surface area (Å²) in [5.74, 6) is -0.934. The van der Waals surface area contributed by atoms with Crippen molar-refractivity contribution in [1.82, 2.24) is 9.97 Å². The Bertz CT molecular complexity index is 499. The van der Waals surface area contributed by atoms with E-state index in [9.17, 15) is 13.2 Å². The molecule has 0 aliphatic heterocycles. The number of hydrogen-bond donors (Lipinski definition) is 1. The third kappa shape index (κ3) is 2.03. The van der Waals surface area contributed by atoms with E-state index >= 15 is 0 Å². The Kier molecular flexibility index (Phi) is 2.61. The number of aromatic nitrogens is 2. The summed E-state index contributed by atoms with van der Waals surface area (Å²) in [5, 5.41) is 0. The first-order valence-electron chi connectivity index (χ1n) is 5.06. The van der Waals surface area contributed by atoms with Gasteiger partial charge >= 0.3 is 6.18 Å². The summed E-state index contributed by atoms with van der Waals surface area (Å²) in [6, 6.07) is 5.15. The first-order valence-corrected chi connectivity index (χ1v) is 5.06. The van der Waals surface area contributed by atoms with Crippen molar-refractivity contribution in [3.63, 3.8) is 0 Å². The van der Waals surface area contributed by atoms with E-state index in [2.05, 4.69) is 9.97 Å². The molecule has 0 radical (unpaired) electrons. The van der Waals surface area contributed by atoms with E-state index < -0.39 is 12.0 Å². The minimum Gasteiger partial charge on any atom is -0.334 e. The van der Waals surface area contributed by atoms with Gasteiger partial charge < -0.3 is 4.98 Å². The summed E-state index contributed by atoms with van der Waals surface area (Å²) in [4.78, 5) is 5.80. The molecule has 2 aromatic rings. The lowest BCUT2D eigenvalue weighted by Crippen LogP contribution is -2.06. The molecule has 0 bridgehead atoms. The van der Waals surface area contributed by atoms with Gasteiger partial charge in [0.25, 0.3) is 0 Å². The molecule has 0 fully saturated rings. The van der Waals surface area contributed by atoms with Crippen LogP contribution in [-0.2, 0) is 12.6 Å². The van der Waals surface area contributed by atoms with Crippen molar-refractivity contribution < 1.29 is 13.2 Å². The highest BCUT2D eigenvalue weighted by Gasteiger charge is 2.34. The summed E-state index contributed by atoms with van der Waals surface area (Å²) in [6.45, 7) is 2.03. The van der Waals surface area contributed by atoms with E-state index in [0.29, 0.717) is 11.0 Å². The first kappa shape index (κ1) is 11.0. The van der Waals surface area contributed by atoms with Gasteiger partial charge in [0.05, 0.1) is 11.0 Å². The molecule has 0 spiro atoms. The van der Waals surface area contributed by atoms with Gasteiger partial charge in [0.1, 0.15) is 0 Å². The van der Waals surface area contributed by atoms with Gasteiger partial charge in [0.15, 0.2) is 0 Å². The summed E-state index contributed by atoms with van der Waals surface area (Å²) in [7, 11) is 0. The van der Waals surface area contributed by atoms with Gasteiger partial charge in [0, 0.05) is 0 Å². The Balaban J connectivity index is 2.46. The molecule has 86 valence electrons. The standard InChI is InChI=1S/C11H11F3N2/c1-2-3-7-4-5-8-9(6-7)16-10(15-8)11(12,13)14/h4-6H,2-3H2,1H3,(H,15,16). The number of nitrogens with one attached hydrogen (secondary N) is 1. The normalized spacial score (nSPS) is 12.2. The Morgan fingerprint density at radius 1 is 1.31 bits per heavy atom. The Morgan fingerprint density at radius 3 is 2.69 bits per heavy atom. The fourth-order valence-electron chi connectivity index (χ4n) is 1.64. The maximum absolute atomic E-state index is 12.4. The Labute approximate surface area is 90.5 Å². The summed E-state index contributed by atoms with van der Waals surface area (Å²) in [5.41, 5.74) is 1.82. The molecule has 0 amide bonds. The van der Waals surface area contributed by atoms with Crippen LogP contribution >= 0.6 is 0 Å². The van der Waals surface area contributed by atoms with Gasteiger partial charge in [-0.1, -0.05) is 19.4 Å². The van der Waals surface area contributed by atoms with Crippen LogP contribution in [0.15, 0.2) is 18.2 Å². The average molecular weight is 228 g/mol. The van der Waals surface area contributed by atoms with Crippen molar-refractivity contribution >= 4 is 11.0 Å². The van der Waals surface area contributed by atoms with Crippen LogP contribution in [0.25, 0.3) is 11.0 Å². The number of nitrogens with zero attached hydrogens (tertiary/aromatic N) is 1. The van der Waals surface area contributed by atoms with Crippen molar-refractivity contribution in [1.29, 1.82) is 0 Å². The average Bonchev–Trinajstić information content (AvgIpc) is 2.60. The number of imidazole rings is 1. The number of rotatable bonds is 2. The predicted octanol–water partition coefficient (Wildman–Crippen LogP) is 3.53. The lowest BCUT2D eigenvalue weighted by Gasteiger charge is -1.99. The van der Waals surface area contributed by atoms with Crippen LogP contribution in [0.1, 0.15) is 24.7 Å². The van der Waals surface area contributed by atoms with E-state index in [0.717, 1.165) is 18.4 Å². The van der Waals surface area contributed by atoms with Crippen LogP contribution in [0, 0.1) is 0 Å². The van der Waals surface area contributed by atoms with Crippen LogP contribution in [-0.4, -0.2) is 9.97 Å². The quantitative estimate of drug-likeness (QED) is 0.836. The first-order chi connectivity index (χ1) is 7.50. The van der Waals surface area contributed by atoms with Crippen LogP contribution in [0.3, 0.4) is 0 Å². The minimum atomic E-state index is -4.41. The molecule has 2 rings (SSSR count). The summed E-state index contributed by atoms with van der Waals surface area (Å²) >= 11 is 0. The van der Waals surface area contributed by atoms with Gasteiger partial charge in [-0.25, -0.2) is 4.98 Å². The lowest BCUT2D eigenvalue weighted by molar-refractivity contribution is -0.144. The molecule has 0 atom stereocenters. The number of alkyl halides is 3. The second kappa shape index (κ2) is 3.81. The molecule has 0 saturated heterocycles. The summed E-state index contributed by atoms with van der Waals surface area (Å²) < 4.78 is 37.1. The monoisotopic (exact) mass is 228 g/mol. The van der Waals surface area contributed by atoms with Crippen LogP contribution in [0.4, 0.5) is 13.2 Å². The van der Waals surface area contributed by atoms with Crippen LogP contribution < -0.4 is 0 Å². The van der Waals surface area contributed by atoms with E-state index in [4.69, 9.17) is 0 Å². The third-order valence-corrected chi connectivity index (χ3v) is 2.35. The number of H-pyrrole nitrogens is 1. The van der Waals surface area contributed by atoms with Crippen molar-refractivity contribution in [3.05, 3.63) is 29.6 Å². The number of aromatic amines is 1. The van der Waals surface area contributed by atoms with Crippen LogP contribution in [0.5, 0.6) is 0 Å². The Morgan fingerprint density at radius 2 is 2.06 bits per heavy atom. The fraction of sp³-hybridized carbons (Fsp3) is 0.364. The van der Waals surface area contributed by atoms with E-state index in [-0.39, 0.29) is 0 Å². The number of hydrogen-bond acceptors (Lipinski definition) is 1. The van der Waals surface area contributed by atoms with Gasteiger partial charge in [-0.3, -0.25) is 0 Å². The molecule has 1 aromatic carbocycles. The SMILES string of the molecule is CCCc1ccc2nc(C(F)(F)F)[nH]c2c1. The molecule has 0 aliphatic rings. The maximum Gasteiger partial charge on any atom is 0.449 e. The van der Waals surface area contributed by atoms with Gasteiger partial charge in [-0.05, 0) is 24.1 Å². The lowest BCUT2D eigenvalue weighted by atomic mass is 10.1. The van der Waals surface area contributed by atoms with Crippen molar-refractivity contribution in [3.8, 4) is 0 Å². The zero-order chi connectivity index (χ0) is 11.8. The molecular formula is C11H11F3N2. The highest BCUT2D eigenvalue weighted by atomic mass is 19.4. The number of halogens is 3.